The Morgan fingerprint density at radius 1 is 1.37 bits per heavy atom. The number of rotatable bonds is 3. The zero-order chi connectivity index (χ0) is 13.1. The van der Waals surface area contributed by atoms with Gasteiger partial charge in [-0.25, -0.2) is 4.98 Å². The highest BCUT2D eigenvalue weighted by Crippen LogP contribution is 2.25. The number of nitrogens with zero attached hydrogens (tertiary/aromatic N) is 2. The van der Waals surface area contributed by atoms with Crippen molar-refractivity contribution in [1.82, 2.24) is 9.88 Å². The lowest BCUT2D eigenvalue weighted by molar-refractivity contribution is -0.134. The van der Waals surface area contributed by atoms with Gasteiger partial charge >= 0.3 is 0 Å². The second-order valence-electron chi connectivity index (χ2n) is 4.33. The van der Waals surface area contributed by atoms with Crippen LogP contribution in [0.5, 0.6) is 0 Å². The van der Waals surface area contributed by atoms with Crippen LogP contribution in [0.4, 0.5) is 0 Å². The van der Waals surface area contributed by atoms with Gasteiger partial charge in [0.25, 0.3) is 0 Å². The number of hydrogen-bond donors (Lipinski definition) is 0. The van der Waals surface area contributed by atoms with Gasteiger partial charge in [-0.15, -0.1) is 11.3 Å². The first-order valence-electron chi connectivity index (χ1n) is 6.15. The number of amides is 1. The van der Waals surface area contributed by atoms with E-state index in [1.807, 2.05) is 15.7 Å². The molecule has 0 N–H and O–H groups in total. The molecule has 1 fully saturated rings. The third-order valence-electron chi connectivity index (χ3n) is 3.02. The Labute approximate surface area is 119 Å². The Balaban J connectivity index is 1.65. The molecule has 1 aliphatic rings. The second kappa shape index (κ2) is 5.81. The molecular formula is C13H14N2O2S2. The zero-order valence-electron chi connectivity index (χ0n) is 10.4. The summed E-state index contributed by atoms with van der Waals surface area (Å²) in [5, 5.41) is 7.08. The van der Waals surface area contributed by atoms with Crippen LogP contribution in [0.3, 0.4) is 0 Å². The predicted molar refractivity (Wildman–Crippen MR) is 76.5 cm³/mol. The topological polar surface area (TPSA) is 42.4 Å². The van der Waals surface area contributed by atoms with Gasteiger partial charge in [-0.3, -0.25) is 4.79 Å². The number of aromatic nitrogens is 1. The molecule has 100 valence electrons. The number of thiazole rings is 1. The maximum atomic E-state index is 12.1. The van der Waals surface area contributed by atoms with Crippen molar-refractivity contribution in [3.63, 3.8) is 0 Å². The van der Waals surface area contributed by atoms with Gasteiger partial charge in [0.15, 0.2) is 0 Å². The van der Waals surface area contributed by atoms with Crippen molar-refractivity contribution in [2.75, 3.05) is 26.3 Å². The molecule has 1 saturated heterocycles. The number of morpholine rings is 1. The Hall–Kier alpha value is -1.24. The first-order chi connectivity index (χ1) is 9.33. The van der Waals surface area contributed by atoms with Crippen molar-refractivity contribution in [3.8, 4) is 10.6 Å². The summed E-state index contributed by atoms with van der Waals surface area (Å²) in [6, 6.07) is 2.05. The van der Waals surface area contributed by atoms with Crippen LogP contribution < -0.4 is 0 Å². The summed E-state index contributed by atoms with van der Waals surface area (Å²) < 4.78 is 5.25. The van der Waals surface area contributed by atoms with Crippen LogP contribution in [0.15, 0.2) is 22.2 Å². The molecule has 0 radical (unpaired) electrons. The highest BCUT2D eigenvalue weighted by molar-refractivity contribution is 7.14. The highest BCUT2D eigenvalue weighted by Gasteiger charge is 2.18. The Kier molecular flexibility index (Phi) is 3.91. The van der Waals surface area contributed by atoms with Gasteiger partial charge in [-0.1, -0.05) is 0 Å². The number of ether oxygens (including phenoxy) is 1. The Bertz CT molecular complexity index is 545. The minimum atomic E-state index is 0.144. The molecule has 3 heterocycles. The van der Waals surface area contributed by atoms with Crippen LogP contribution >= 0.6 is 22.7 Å². The van der Waals surface area contributed by atoms with Crippen LogP contribution in [-0.2, 0) is 16.0 Å². The molecule has 6 heteroatoms. The lowest BCUT2D eigenvalue weighted by atomic mass is 10.3. The molecule has 0 bridgehead atoms. The SMILES string of the molecule is O=C(Cc1csc(-c2ccsc2)n1)N1CCOCC1. The van der Waals surface area contributed by atoms with Gasteiger partial charge in [0.05, 0.1) is 25.3 Å². The summed E-state index contributed by atoms with van der Waals surface area (Å²) in [5.74, 6) is 0.144. The standard InChI is InChI=1S/C13H14N2O2S2/c16-12(15-2-4-17-5-3-15)7-11-9-19-13(14-11)10-1-6-18-8-10/h1,6,8-9H,2-5,7H2. The number of carbonyl (C=O) groups excluding carboxylic acids is 1. The summed E-state index contributed by atoms with van der Waals surface area (Å²) in [6.07, 6.45) is 0.390. The number of thiophene rings is 1. The molecular weight excluding hydrogens is 280 g/mol. The van der Waals surface area contributed by atoms with Crippen molar-refractivity contribution in [3.05, 3.63) is 27.9 Å². The van der Waals surface area contributed by atoms with Crippen LogP contribution in [0.2, 0.25) is 0 Å². The van der Waals surface area contributed by atoms with Crippen molar-refractivity contribution < 1.29 is 9.53 Å². The molecule has 1 aliphatic heterocycles. The molecule has 3 rings (SSSR count). The molecule has 4 nitrogen and oxygen atoms in total. The molecule has 1 amide bonds. The van der Waals surface area contributed by atoms with Crippen LogP contribution in [0.25, 0.3) is 10.6 Å². The molecule has 0 aliphatic carbocycles. The Morgan fingerprint density at radius 2 is 2.21 bits per heavy atom. The van der Waals surface area contributed by atoms with Gasteiger partial charge in [-0.05, 0) is 11.4 Å². The lowest BCUT2D eigenvalue weighted by Crippen LogP contribution is -2.41. The van der Waals surface area contributed by atoms with Crippen molar-refractivity contribution in [2.45, 2.75) is 6.42 Å². The average molecular weight is 294 g/mol. The smallest absolute Gasteiger partial charge is 0.228 e. The van der Waals surface area contributed by atoms with Crippen molar-refractivity contribution in [1.29, 1.82) is 0 Å². The van der Waals surface area contributed by atoms with E-state index >= 15 is 0 Å². The quantitative estimate of drug-likeness (QED) is 0.872. The van der Waals surface area contributed by atoms with Crippen LogP contribution in [-0.4, -0.2) is 42.1 Å². The fourth-order valence-electron chi connectivity index (χ4n) is 1.99. The fourth-order valence-corrected chi connectivity index (χ4v) is 3.52. The van der Waals surface area contributed by atoms with E-state index in [1.165, 1.54) is 0 Å². The largest absolute Gasteiger partial charge is 0.378 e. The zero-order valence-corrected chi connectivity index (χ0v) is 12.0. The number of carbonyl (C=O) groups is 1. The first-order valence-corrected chi connectivity index (χ1v) is 7.97. The maximum absolute atomic E-state index is 12.1. The molecule has 0 unspecified atom stereocenters. The van der Waals surface area contributed by atoms with Crippen LogP contribution in [0, 0.1) is 0 Å². The minimum absolute atomic E-state index is 0.144. The summed E-state index contributed by atoms with van der Waals surface area (Å²) in [7, 11) is 0. The van der Waals surface area contributed by atoms with Gasteiger partial charge < -0.3 is 9.64 Å². The van der Waals surface area contributed by atoms with E-state index in [2.05, 4.69) is 16.4 Å². The molecule has 19 heavy (non-hydrogen) atoms. The lowest BCUT2D eigenvalue weighted by Gasteiger charge is -2.26. The maximum Gasteiger partial charge on any atom is 0.228 e. The van der Waals surface area contributed by atoms with E-state index in [0.29, 0.717) is 32.7 Å². The van der Waals surface area contributed by atoms with Gasteiger partial charge in [0.2, 0.25) is 5.91 Å². The third-order valence-corrected chi connectivity index (χ3v) is 4.64. The van der Waals surface area contributed by atoms with E-state index < -0.39 is 0 Å². The molecule has 0 atom stereocenters. The van der Waals surface area contributed by atoms with E-state index in [4.69, 9.17) is 4.74 Å². The highest BCUT2D eigenvalue weighted by atomic mass is 32.1. The summed E-state index contributed by atoms with van der Waals surface area (Å²) in [4.78, 5) is 18.5. The van der Waals surface area contributed by atoms with Gasteiger partial charge in [0.1, 0.15) is 5.01 Å². The second-order valence-corrected chi connectivity index (χ2v) is 5.96. The van der Waals surface area contributed by atoms with Gasteiger partial charge in [-0.2, -0.15) is 11.3 Å². The predicted octanol–water partition coefficient (Wildman–Crippen LogP) is 2.27. The summed E-state index contributed by atoms with van der Waals surface area (Å²) in [6.45, 7) is 2.67. The Morgan fingerprint density at radius 3 is 2.95 bits per heavy atom. The summed E-state index contributed by atoms with van der Waals surface area (Å²) >= 11 is 3.25. The molecule has 0 aromatic carbocycles. The normalized spacial score (nSPS) is 15.7. The monoisotopic (exact) mass is 294 g/mol. The van der Waals surface area contributed by atoms with Crippen LogP contribution in [0.1, 0.15) is 5.69 Å². The van der Waals surface area contributed by atoms with E-state index in [-0.39, 0.29) is 5.91 Å². The third kappa shape index (κ3) is 3.02. The van der Waals surface area contributed by atoms with Crippen molar-refractivity contribution >= 4 is 28.6 Å². The first kappa shape index (κ1) is 12.8. The van der Waals surface area contributed by atoms with Crippen molar-refractivity contribution in [2.24, 2.45) is 0 Å². The summed E-state index contributed by atoms with van der Waals surface area (Å²) in [5.41, 5.74) is 2.00. The molecule has 2 aromatic heterocycles. The number of hydrogen-bond acceptors (Lipinski definition) is 5. The van der Waals surface area contributed by atoms with Gasteiger partial charge in [0, 0.05) is 29.4 Å². The fraction of sp³-hybridized carbons (Fsp3) is 0.385. The van der Waals surface area contributed by atoms with E-state index in [0.717, 1.165) is 16.3 Å². The molecule has 0 saturated carbocycles. The van der Waals surface area contributed by atoms with E-state index in [9.17, 15) is 4.79 Å². The molecule has 0 spiro atoms. The van der Waals surface area contributed by atoms with E-state index in [1.54, 1.807) is 22.7 Å². The average Bonchev–Trinajstić information content (AvgIpc) is 3.10. The molecule has 2 aromatic rings. The minimum Gasteiger partial charge on any atom is -0.378 e.